The van der Waals surface area contributed by atoms with Crippen molar-refractivity contribution in [3.05, 3.63) is 59.1 Å². The van der Waals surface area contributed by atoms with Crippen molar-refractivity contribution in [2.75, 3.05) is 49.5 Å². The molecule has 1 saturated heterocycles. The molecule has 2 aliphatic rings. The minimum Gasteiger partial charge on any atom is -0.367 e. The fourth-order valence-electron chi connectivity index (χ4n) is 4.88. The maximum atomic E-state index is 14.0. The van der Waals surface area contributed by atoms with Gasteiger partial charge in [-0.3, -0.25) is 14.5 Å². The molecule has 188 valence electrons. The number of fused-ring (bicyclic) bond motifs is 3. The van der Waals surface area contributed by atoms with E-state index in [4.69, 9.17) is 12.2 Å². The summed E-state index contributed by atoms with van der Waals surface area (Å²) >= 11 is 5.32. The van der Waals surface area contributed by atoms with Gasteiger partial charge < -0.3 is 15.5 Å². The number of nitrogens with one attached hydrogen (secondary N) is 2. The van der Waals surface area contributed by atoms with Gasteiger partial charge in [-0.1, -0.05) is 24.3 Å². The molecule has 1 unspecified atom stereocenters. The first-order chi connectivity index (χ1) is 17.5. The van der Waals surface area contributed by atoms with Crippen LogP contribution in [-0.2, 0) is 4.79 Å². The van der Waals surface area contributed by atoms with Crippen LogP contribution in [0.2, 0.25) is 0 Å². The molecular weight excluding hydrogens is 479 g/mol. The van der Waals surface area contributed by atoms with E-state index in [1.807, 2.05) is 36.4 Å². The number of carbonyl (C=O) groups is 2. The molecule has 2 N–H and O–H groups in total. The van der Waals surface area contributed by atoms with E-state index in [9.17, 15) is 14.0 Å². The van der Waals surface area contributed by atoms with Crippen LogP contribution in [0.15, 0.2) is 48.5 Å². The number of amides is 1. The Morgan fingerprint density at radius 2 is 1.86 bits per heavy atom. The SMILES string of the molecule is O=C(CCC1Nc2c3ccccc3nc(=S)n2C1=O)NCCCN1CCN(c2ccccc2F)CC1. The molecule has 0 bridgehead atoms. The molecule has 36 heavy (non-hydrogen) atoms. The van der Waals surface area contributed by atoms with Gasteiger partial charge in [-0.05, 0) is 55.9 Å². The monoisotopic (exact) mass is 508 g/mol. The van der Waals surface area contributed by atoms with Gasteiger partial charge in [0.2, 0.25) is 10.7 Å². The first-order valence-corrected chi connectivity index (χ1v) is 12.7. The van der Waals surface area contributed by atoms with E-state index >= 15 is 0 Å². The van der Waals surface area contributed by atoms with E-state index in [-0.39, 0.29) is 28.8 Å². The van der Waals surface area contributed by atoms with Crippen LogP contribution in [0.4, 0.5) is 15.9 Å². The normalized spacial score (nSPS) is 17.8. The summed E-state index contributed by atoms with van der Waals surface area (Å²) in [7, 11) is 0. The Hall–Kier alpha value is -3.37. The summed E-state index contributed by atoms with van der Waals surface area (Å²) in [5.74, 6) is 0.225. The number of hydrogen-bond acceptors (Lipinski definition) is 7. The van der Waals surface area contributed by atoms with Gasteiger partial charge in [0.05, 0.1) is 11.2 Å². The predicted molar refractivity (Wildman–Crippen MR) is 141 cm³/mol. The van der Waals surface area contributed by atoms with Gasteiger partial charge in [-0.15, -0.1) is 0 Å². The average Bonchev–Trinajstić information content (AvgIpc) is 3.23. The topological polar surface area (TPSA) is 82.5 Å². The van der Waals surface area contributed by atoms with Crippen LogP contribution in [0.25, 0.3) is 10.9 Å². The molecule has 0 spiro atoms. The summed E-state index contributed by atoms with van der Waals surface area (Å²) in [5.41, 5.74) is 1.40. The Bertz CT molecular complexity index is 1340. The molecule has 8 nitrogen and oxygen atoms in total. The second-order valence-electron chi connectivity index (χ2n) is 9.15. The predicted octanol–water partition coefficient (Wildman–Crippen LogP) is 3.45. The second kappa shape index (κ2) is 10.7. The lowest BCUT2D eigenvalue weighted by atomic mass is 10.1. The fraction of sp³-hybridized carbons (Fsp3) is 0.385. The smallest absolute Gasteiger partial charge is 0.257 e. The van der Waals surface area contributed by atoms with Gasteiger partial charge in [0.1, 0.15) is 17.7 Å². The second-order valence-corrected chi connectivity index (χ2v) is 9.52. The van der Waals surface area contributed by atoms with E-state index in [0.29, 0.717) is 24.5 Å². The molecule has 10 heteroatoms. The van der Waals surface area contributed by atoms with Gasteiger partial charge in [0.15, 0.2) is 0 Å². The van der Waals surface area contributed by atoms with Crippen molar-refractivity contribution in [2.24, 2.45) is 0 Å². The number of carbonyl (C=O) groups excluding carboxylic acids is 2. The average molecular weight is 509 g/mol. The van der Waals surface area contributed by atoms with E-state index in [0.717, 1.165) is 50.0 Å². The van der Waals surface area contributed by atoms with E-state index < -0.39 is 6.04 Å². The van der Waals surface area contributed by atoms with E-state index in [2.05, 4.69) is 25.4 Å². The molecule has 0 aliphatic carbocycles. The summed E-state index contributed by atoms with van der Waals surface area (Å²) in [4.78, 5) is 34.0. The van der Waals surface area contributed by atoms with Crippen LogP contribution < -0.4 is 15.5 Å². The zero-order valence-electron chi connectivity index (χ0n) is 20.0. The van der Waals surface area contributed by atoms with Gasteiger partial charge in [0.25, 0.3) is 5.91 Å². The van der Waals surface area contributed by atoms with Crippen molar-refractivity contribution in [1.82, 2.24) is 19.8 Å². The highest BCUT2D eigenvalue weighted by Gasteiger charge is 2.32. The summed E-state index contributed by atoms with van der Waals surface area (Å²) in [6, 6.07) is 13.9. The van der Waals surface area contributed by atoms with Crippen molar-refractivity contribution in [2.45, 2.75) is 25.3 Å². The molecule has 2 aromatic carbocycles. The van der Waals surface area contributed by atoms with Crippen molar-refractivity contribution >= 4 is 46.4 Å². The zero-order chi connectivity index (χ0) is 25.1. The zero-order valence-corrected chi connectivity index (χ0v) is 20.8. The highest BCUT2D eigenvalue weighted by atomic mass is 32.1. The van der Waals surface area contributed by atoms with Gasteiger partial charge in [0, 0.05) is 44.5 Å². The van der Waals surface area contributed by atoms with E-state index in [1.54, 1.807) is 6.07 Å². The van der Waals surface area contributed by atoms with Crippen LogP contribution in [-0.4, -0.2) is 71.6 Å². The Morgan fingerprint density at radius 1 is 1.11 bits per heavy atom. The molecule has 0 radical (unpaired) electrons. The maximum Gasteiger partial charge on any atom is 0.257 e. The Morgan fingerprint density at radius 3 is 2.67 bits per heavy atom. The Labute approximate surface area is 214 Å². The first kappa shape index (κ1) is 24.3. The van der Waals surface area contributed by atoms with Crippen molar-refractivity contribution in [3.8, 4) is 0 Å². The third-order valence-corrected chi connectivity index (χ3v) is 7.09. The number of benzene rings is 2. The van der Waals surface area contributed by atoms with Crippen LogP contribution >= 0.6 is 12.2 Å². The summed E-state index contributed by atoms with van der Waals surface area (Å²) in [5, 5.41) is 7.04. The van der Waals surface area contributed by atoms with Crippen molar-refractivity contribution in [1.29, 1.82) is 0 Å². The number of anilines is 2. The maximum absolute atomic E-state index is 14.0. The first-order valence-electron chi connectivity index (χ1n) is 12.3. The number of piperazine rings is 1. The lowest BCUT2D eigenvalue weighted by molar-refractivity contribution is -0.121. The van der Waals surface area contributed by atoms with Crippen LogP contribution in [0.1, 0.15) is 24.1 Å². The van der Waals surface area contributed by atoms with Crippen molar-refractivity contribution in [3.63, 3.8) is 0 Å². The molecule has 3 heterocycles. The standard InChI is InChI=1S/C26H29FN6O2S/c27-19-7-2-4-9-22(19)32-16-14-31(15-17-32)13-5-12-28-23(34)11-10-21-25(35)33-24(29-21)18-6-1-3-8-20(18)30-26(33)36/h1-4,6-9,21,29H,5,10-17H2,(H,28,34). The molecule has 1 fully saturated rings. The third kappa shape index (κ3) is 5.10. The van der Waals surface area contributed by atoms with Gasteiger partial charge in [-0.2, -0.15) is 0 Å². The molecule has 2 aliphatic heterocycles. The van der Waals surface area contributed by atoms with Crippen LogP contribution in [0.3, 0.4) is 0 Å². The molecule has 3 aromatic rings. The summed E-state index contributed by atoms with van der Waals surface area (Å²) < 4.78 is 15.7. The molecule has 5 rings (SSSR count). The lowest BCUT2D eigenvalue weighted by Crippen LogP contribution is -2.47. The molecule has 1 amide bonds. The number of rotatable bonds is 8. The Kier molecular flexibility index (Phi) is 7.24. The molecular formula is C26H29FN6O2S. The minimum absolute atomic E-state index is 0.0727. The number of nitrogens with zero attached hydrogens (tertiary/aromatic N) is 4. The quantitative estimate of drug-likeness (QED) is 0.356. The molecule has 0 saturated carbocycles. The largest absolute Gasteiger partial charge is 0.367 e. The number of hydrogen-bond donors (Lipinski definition) is 2. The van der Waals surface area contributed by atoms with Gasteiger partial charge in [-0.25, -0.2) is 13.9 Å². The van der Waals surface area contributed by atoms with Gasteiger partial charge >= 0.3 is 0 Å². The lowest BCUT2D eigenvalue weighted by Gasteiger charge is -2.36. The molecule has 1 atom stereocenters. The number of aromatic nitrogens is 2. The van der Waals surface area contributed by atoms with E-state index in [1.165, 1.54) is 10.6 Å². The third-order valence-electron chi connectivity index (χ3n) is 6.82. The number of halogens is 1. The molecule has 1 aromatic heterocycles. The highest BCUT2D eigenvalue weighted by molar-refractivity contribution is 7.71. The minimum atomic E-state index is -0.504. The Balaban J connectivity index is 1.03. The summed E-state index contributed by atoms with van der Waals surface area (Å²) in [6.45, 7) is 4.76. The van der Waals surface area contributed by atoms with Crippen LogP contribution in [0.5, 0.6) is 0 Å². The highest BCUT2D eigenvalue weighted by Crippen LogP contribution is 2.29. The van der Waals surface area contributed by atoms with Crippen molar-refractivity contribution < 1.29 is 14.0 Å². The summed E-state index contributed by atoms with van der Waals surface area (Å²) in [6.07, 6.45) is 1.47. The number of para-hydroxylation sites is 2. The van der Waals surface area contributed by atoms with Crippen LogP contribution in [0, 0.1) is 10.6 Å². The fourth-order valence-corrected chi connectivity index (χ4v) is 5.16.